The van der Waals surface area contributed by atoms with Gasteiger partial charge in [-0.3, -0.25) is 9.69 Å². The number of carbonyl (C=O) groups is 2. The predicted octanol–water partition coefficient (Wildman–Crippen LogP) is 1.69. The molecule has 1 aromatic carbocycles. The van der Waals surface area contributed by atoms with Gasteiger partial charge in [0.25, 0.3) is 0 Å². The lowest BCUT2D eigenvalue weighted by Gasteiger charge is -2.69. The summed E-state index contributed by atoms with van der Waals surface area (Å²) in [5.74, 6) is -2.51. The molecule has 12 heteroatoms. The molecule has 1 aromatic rings. The van der Waals surface area contributed by atoms with Crippen molar-refractivity contribution >= 4 is 11.9 Å². The molecule has 12 nitrogen and oxygen atoms in total. The summed E-state index contributed by atoms with van der Waals surface area (Å²) in [5, 5.41) is 25.4. The first-order chi connectivity index (χ1) is 22.5. The number of aliphatic hydroxyl groups is 2. The van der Waals surface area contributed by atoms with Gasteiger partial charge in [0, 0.05) is 76.5 Å². The maximum Gasteiger partial charge on any atom is 0.338 e. The Bertz CT molecular complexity index is 1390. The molecule has 6 aliphatic rings. The molecule has 260 valence electrons. The van der Waals surface area contributed by atoms with Gasteiger partial charge in [0.2, 0.25) is 0 Å². The lowest BCUT2D eigenvalue weighted by molar-refractivity contribution is -0.317. The molecule has 47 heavy (non-hydrogen) atoms. The van der Waals surface area contributed by atoms with Crippen LogP contribution in [0.25, 0.3) is 0 Å². The number of nitrogens with zero attached hydrogens (tertiary/aromatic N) is 1. The Morgan fingerprint density at radius 1 is 1.00 bits per heavy atom. The highest BCUT2D eigenvalue weighted by Crippen LogP contribution is 2.80. The first-order valence-electron chi connectivity index (χ1n) is 16.8. The van der Waals surface area contributed by atoms with Crippen LogP contribution in [0.15, 0.2) is 24.3 Å². The molecule has 7 rings (SSSR count). The molecule has 1 aliphatic heterocycles. The summed E-state index contributed by atoms with van der Waals surface area (Å²) in [5.41, 5.74) is -4.08. The zero-order valence-corrected chi connectivity index (χ0v) is 28.3. The number of hydrogen-bond acceptors (Lipinski definition) is 12. The van der Waals surface area contributed by atoms with E-state index in [0.717, 1.165) is 19.4 Å². The van der Waals surface area contributed by atoms with Gasteiger partial charge in [-0.05, 0) is 56.0 Å². The molecule has 5 aliphatic carbocycles. The Morgan fingerprint density at radius 2 is 1.72 bits per heavy atom. The molecule has 2 unspecified atom stereocenters. The van der Waals surface area contributed by atoms with Crippen LogP contribution in [-0.2, 0) is 33.2 Å². The summed E-state index contributed by atoms with van der Waals surface area (Å²) in [6.07, 6.45) is -2.79. The first kappa shape index (κ1) is 33.2. The second kappa shape index (κ2) is 11.4. The number of ether oxygens (including phenoxy) is 7. The standard InChI is InChI=1S/C35H49NO11/c1-8-36-16-32(17-41-3)14-13-22(43-5)34-21-15-33(40)29(46-31(39)19-9-11-20(42-4)12-10-19)23(21)35(47-18(2)37,28(38)30(33)45-7)24(27(34)36)25(44-6)26(32)34/h9-12,21-30,38,40H,8,13-17H2,1-7H3/t21-,22+,23-,24?,25+,26-,27?,28+,29-,30+,32+,33-,34+,35-/m1/s1. The maximum atomic E-state index is 13.9. The zero-order valence-electron chi connectivity index (χ0n) is 28.3. The van der Waals surface area contributed by atoms with Crippen LogP contribution in [0.3, 0.4) is 0 Å². The lowest BCUT2D eigenvalue weighted by atomic mass is 9.43. The van der Waals surface area contributed by atoms with Crippen molar-refractivity contribution in [2.45, 2.75) is 80.9 Å². The van der Waals surface area contributed by atoms with Gasteiger partial charge in [0.15, 0.2) is 5.60 Å². The van der Waals surface area contributed by atoms with Crippen LogP contribution < -0.4 is 4.74 Å². The van der Waals surface area contributed by atoms with E-state index in [2.05, 4.69) is 11.8 Å². The molecule has 7 bridgehead atoms. The van der Waals surface area contributed by atoms with Crippen molar-refractivity contribution in [3.63, 3.8) is 0 Å². The van der Waals surface area contributed by atoms with Crippen molar-refractivity contribution in [2.24, 2.45) is 34.5 Å². The van der Waals surface area contributed by atoms with E-state index in [9.17, 15) is 19.8 Å². The fourth-order valence-electron chi connectivity index (χ4n) is 12.5. The number of benzene rings is 1. The molecule has 2 N–H and O–H groups in total. The SMILES string of the molecule is CCN1C[C@]2(COC)CC[C@H](OC)[C@]34C1C([C@H](OC)[C@H]23)[C@]1(OC(C)=O)[C@H]2[C@@H](OC(=O)c3ccc(OC)cc3)[C@](O)(C[C@H]24)[C@@H](OC)[C@@H]1O. The van der Waals surface area contributed by atoms with Gasteiger partial charge in [-0.1, -0.05) is 6.92 Å². The van der Waals surface area contributed by atoms with Crippen LogP contribution in [0.4, 0.5) is 0 Å². The van der Waals surface area contributed by atoms with E-state index in [1.165, 1.54) is 14.0 Å². The fraction of sp³-hybridized carbons (Fsp3) is 0.771. The number of likely N-dealkylation sites (tertiary alicyclic amines) is 1. The second-order valence-electron chi connectivity index (χ2n) is 14.7. The summed E-state index contributed by atoms with van der Waals surface area (Å²) < 4.78 is 43.1. The minimum atomic E-state index is -1.79. The number of hydrogen-bond donors (Lipinski definition) is 2. The van der Waals surface area contributed by atoms with Crippen LogP contribution >= 0.6 is 0 Å². The lowest BCUT2D eigenvalue weighted by Crippen LogP contribution is -2.80. The molecule has 1 spiro atoms. The van der Waals surface area contributed by atoms with Gasteiger partial charge in [-0.25, -0.2) is 4.79 Å². The van der Waals surface area contributed by atoms with Gasteiger partial charge in [0.1, 0.15) is 29.7 Å². The first-order valence-corrected chi connectivity index (χ1v) is 16.8. The predicted molar refractivity (Wildman–Crippen MR) is 166 cm³/mol. The van der Waals surface area contributed by atoms with Crippen LogP contribution in [0.5, 0.6) is 5.75 Å². The average molecular weight is 660 g/mol. The fourth-order valence-corrected chi connectivity index (χ4v) is 12.5. The Morgan fingerprint density at radius 3 is 2.30 bits per heavy atom. The Balaban J connectivity index is 1.48. The van der Waals surface area contributed by atoms with Crippen molar-refractivity contribution in [3.8, 4) is 5.75 Å². The Kier molecular flexibility index (Phi) is 8.02. The van der Waals surface area contributed by atoms with E-state index < -0.39 is 70.7 Å². The molecule has 1 heterocycles. The van der Waals surface area contributed by atoms with Crippen LogP contribution in [0.1, 0.15) is 43.5 Å². The second-order valence-corrected chi connectivity index (χ2v) is 14.7. The summed E-state index contributed by atoms with van der Waals surface area (Å²) in [7, 11) is 8.11. The minimum Gasteiger partial charge on any atom is -0.497 e. The number of fused-ring (bicyclic) bond motifs is 2. The highest BCUT2D eigenvalue weighted by Gasteiger charge is 2.91. The molecule has 0 aromatic heterocycles. The van der Waals surface area contributed by atoms with Crippen LogP contribution in [0, 0.1) is 34.5 Å². The van der Waals surface area contributed by atoms with E-state index in [-0.39, 0.29) is 35.5 Å². The zero-order chi connectivity index (χ0) is 33.7. The molecule has 6 fully saturated rings. The van der Waals surface area contributed by atoms with Gasteiger partial charge < -0.3 is 43.4 Å². The highest BCUT2D eigenvalue weighted by molar-refractivity contribution is 5.89. The van der Waals surface area contributed by atoms with E-state index in [1.807, 2.05) is 0 Å². The third-order valence-corrected chi connectivity index (χ3v) is 13.4. The maximum absolute atomic E-state index is 13.9. The van der Waals surface area contributed by atoms with Crippen LogP contribution in [-0.4, -0.2) is 130 Å². The number of piperidine rings is 1. The van der Waals surface area contributed by atoms with Crippen molar-refractivity contribution < 1.29 is 53.0 Å². The summed E-state index contributed by atoms with van der Waals surface area (Å²) in [6.45, 7) is 5.39. The number of esters is 2. The van der Waals surface area contributed by atoms with E-state index >= 15 is 0 Å². The summed E-state index contributed by atoms with van der Waals surface area (Å²) in [6, 6.07) is 6.32. The molecular weight excluding hydrogens is 610 g/mol. The quantitative estimate of drug-likeness (QED) is 0.353. The van der Waals surface area contributed by atoms with Gasteiger partial charge in [-0.15, -0.1) is 0 Å². The third kappa shape index (κ3) is 3.95. The number of carbonyl (C=O) groups excluding carboxylic acids is 2. The van der Waals surface area contributed by atoms with Gasteiger partial charge in [-0.2, -0.15) is 0 Å². The average Bonchev–Trinajstić information content (AvgIpc) is 3.43. The topological polar surface area (TPSA) is 142 Å². The van der Waals surface area contributed by atoms with E-state index in [4.69, 9.17) is 33.2 Å². The number of aliphatic hydroxyl groups excluding tert-OH is 1. The van der Waals surface area contributed by atoms with Crippen molar-refractivity contribution in [1.29, 1.82) is 0 Å². The molecule has 14 atom stereocenters. The molecule has 0 radical (unpaired) electrons. The van der Waals surface area contributed by atoms with Crippen molar-refractivity contribution in [1.82, 2.24) is 4.90 Å². The number of methoxy groups -OCH3 is 5. The van der Waals surface area contributed by atoms with Crippen molar-refractivity contribution in [3.05, 3.63) is 29.8 Å². The Hall–Kier alpha value is -2.32. The monoisotopic (exact) mass is 659 g/mol. The van der Waals surface area contributed by atoms with E-state index in [1.54, 1.807) is 52.7 Å². The third-order valence-electron chi connectivity index (χ3n) is 13.4. The smallest absolute Gasteiger partial charge is 0.338 e. The Labute approximate surface area is 275 Å². The number of rotatable bonds is 10. The van der Waals surface area contributed by atoms with Crippen molar-refractivity contribution in [2.75, 3.05) is 55.2 Å². The van der Waals surface area contributed by atoms with Gasteiger partial charge in [0.05, 0.1) is 31.5 Å². The summed E-state index contributed by atoms with van der Waals surface area (Å²) in [4.78, 5) is 29.6. The van der Waals surface area contributed by atoms with Gasteiger partial charge >= 0.3 is 11.9 Å². The largest absolute Gasteiger partial charge is 0.497 e. The minimum absolute atomic E-state index is 0.118. The molecule has 0 amide bonds. The molecular formula is C35H49NO11. The summed E-state index contributed by atoms with van der Waals surface area (Å²) >= 11 is 0. The van der Waals surface area contributed by atoms with Crippen LogP contribution in [0.2, 0.25) is 0 Å². The molecule has 1 saturated heterocycles. The normalized spacial score (nSPS) is 47.4. The highest BCUT2D eigenvalue weighted by atomic mass is 16.6. The van der Waals surface area contributed by atoms with E-state index in [0.29, 0.717) is 18.9 Å². The molecule has 5 saturated carbocycles.